The van der Waals surface area contributed by atoms with Crippen molar-refractivity contribution in [3.8, 4) is 0 Å². The Morgan fingerprint density at radius 3 is 2.83 bits per heavy atom. The molecule has 1 N–H and O–H groups in total. The van der Waals surface area contributed by atoms with Crippen molar-refractivity contribution in [3.63, 3.8) is 0 Å². The number of carboxylic acid groups (broad SMARTS) is 1. The average Bonchev–Trinajstić information content (AvgIpc) is 2.63. The first-order chi connectivity index (χ1) is 8.49. The van der Waals surface area contributed by atoms with Crippen molar-refractivity contribution in [1.29, 1.82) is 0 Å². The van der Waals surface area contributed by atoms with Gasteiger partial charge in [0.1, 0.15) is 5.82 Å². The maximum atomic E-state index is 13.6. The van der Waals surface area contributed by atoms with Crippen molar-refractivity contribution in [1.82, 2.24) is 9.78 Å². The zero-order chi connectivity index (χ0) is 13.3. The van der Waals surface area contributed by atoms with Crippen molar-refractivity contribution < 1.29 is 14.3 Å². The smallest absolute Gasteiger partial charge is 0.335 e. The van der Waals surface area contributed by atoms with Crippen LogP contribution in [0.25, 0.3) is 0 Å². The van der Waals surface area contributed by atoms with Crippen LogP contribution in [-0.4, -0.2) is 20.9 Å². The maximum absolute atomic E-state index is 13.6. The lowest BCUT2D eigenvalue weighted by molar-refractivity contribution is 0.0696. The largest absolute Gasteiger partial charge is 0.478 e. The summed E-state index contributed by atoms with van der Waals surface area (Å²) in [6.45, 7) is 1.90. The lowest BCUT2D eigenvalue weighted by Crippen LogP contribution is -2.07. The lowest BCUT2D eigenvalue weighted by atomic mass is 10.1. The van der Waals surface area contributed by atoms with Crippen molar-refractivity contribution in [3.05, 3.63) is 52.1 Å². The molecule has 0 fully saturated rings. The van der Waals surface area contributed by atoms with Gasteiger partial charge in [-0.15, -0.1) is 0 Å². The summed E-state index contributed by atoms with van der Waals surface area (Å²) in [7, 11) is 0. The van der Waals surface area contributed by atoms with Crippen LogP contribution in [0.5, 0.6) is 0 Å². The zero-order valence-electron chi connectivity index (χ0n) is 9.52. The highest BCUT2D eigenvalue weighted by Gasteiger charge is 2.11. The molecule has 4 nitrogen and oxygen atoms in total. The Morgan fingerprint density at radius 2 is 2.28 bits per heavy atom. The van der Waals surface area contributed by atoms with Crippen LogP contribution in [0.1, 0.15) is 21.6 Å². The first kappa shape index (κ1) is 12.6. The van der Waals surface area contributed by atoms with Gasteiger partial charge < -0.3 is 5.11 Å². The molecular formula is C12H10ClFN2O2. The van der Waals surface area contributed by atoms with E-state index in [1.54, 1.807) is 6.92 Å². The number of carbonyl (C=O) groups is 1. The molecule has 0 spiro atoms. The second-order valence-corrected chi connectivity index (χ2v) is 4.25. The SMILES string of the molecule is Cc1c(Cl)cnn1Cc1cc(C(=O)O)ccc1F. The zero-order valence-corrected chi connectivity index (χ0v) is 10.3. The van der Waals surface area contributed by atoms with Gasteiger partial charge in [0.2, 0.25) is 0 Å². The standard InChI is InChI=1S/C12H10ClFN2O2/c1-7-10(13)5-15-16(7)6-9-4-8(12(17)18)2-3-11(9)14/h2-5H,6H2,1H3,(H,17,18). The molecule has 0 aliphatic rings. The summed E-state index contributed by atoms with van der Waals surface area (Å²) in [4.78, 5) is 10.8. The predicted octanol–water partition coefficient (Wildman–Crippen LogP) is 2.73. The molecule has 0 unspecified atom stereocenters. The molecule has 0 radical (unpaired) electrons. The van der Waals surface area contributed by atoms with Crippen LogP contribution in [0.15, 0.2) is 24.4 Å². The molecule has 18 heavy (non-hydrogen) atoms. The van der Waals surface area contributed by atoms with E-state index in [0.717, 1.165) is 6.07 Å². The van der Waals surface area contributed by atoms with Crippen molar-refractivity contribution in [2.45, 2.75) is 13.5 Å². The first-order valence-corrected chi connectivity index (χ1v) is 5.56. The normalized spacial score (nSPS) is 10.6. The van der Waals surface area contributed by atoms with E-state index in [1.807, 2.05) is 0 Å². The third-order valence-electron chi connectivity index (χ3n) is 2.66. The fourth-order valence-corrected chi connectivity index (χ4v) is 1.71. The van der Waals surface area contributed by atoms with Gasteiger partial charge in [-0.1, -0.05) is 11.6 Å². The number of benzene rings is 1. The highest BCUT2D eigenvalue weighted by atomic mass is 35.5. The van der Waals surface area contributed by atoms with Gasteiger partial charge in [-0.3, -0.25) is 4.68 Å². The van der Waals surface area contributed by atoms with Crippen LogP contribution in [0.4, 0.5) is 4.39 Å². The highest BCUT2D eigenvalue weighted by Crippen LogP contribution is 2.17. The summed E-state index contributed by atoms with van der Waals surface area (Å²) in [6.07, 6.45) is 1.47. The summed E-state index contributed by atoms with van der Waals surface area (Å²) in [5, 5.41) is 13.3. The number of aromatic carboxylic acids is 1. The summed E-state index contributed by atoms with van der Waals surface area (Å²) < 4.78 is 15.1. The van der Waals surface area contributed by atoms with Gasteiger partial charge in [0, 0.05) is 5.56 Å². The van der Waals surface area contributed by atoms with Gasteiger partial charge in [0.15, 0.2) is 0 Å². The summed E-state index contributed by atoms with van der Waals surface area (Å²) in [6, 6.07) is 3.66. The van der Waals surface area contributed by atoms with Gasteiger partial charge in [-0.05, 0) is 25.1 Å². The Bertz CT molecular complexity index is 610. The minimum Gasteiger partial charge on any atom is -0.478 e. The fourth-order valence-electron chi connectivity index (χ4n) is 1.57. The van der Waals surface area contributed by atoms with Gasteiger partial charge in [0.05, 0.1) is 29.0 Å². The van der Waals surface area contributed by atoms with Crippen LogP contribution >= 0.6 is 11.6 Å². The molecule has 94 valence electrons. The van der Waals surface area contributed by atoms with Gasteiger partial charge in [0.25, 0.3) is 0 Å². The Kier molecular flexibility index (Phi) is 3.34. The Balaban J connectivity index is 2.36. The number of hydrogen-bond acceptors (Lipinski definition) is 2. The monoisotopic (exact) mass is 268 g/mol. The summed E-state index contributed by atoms with van der Waals surface area (Å²) in [5.74, 6) is -1.56. The second kappa shape index (κ2) is 4.78. The molecule has 0 atom stereocenters. The average molecular weight is 269 g/mol. The first-order valence-electron chi connectivity index (χ1n) is 5.18. The minimum atomic E-state index is -1.09. The molecule has 1 aromatic carbocycles. The molecule has 2 rings (SSSR count). The molecule has 0 amide bonds. The number of halogens is 2. The number of hydrogen-bond donors (Lipinski definition) is 1. The molecule has 0 bridgehead atoms. The van der Waals surface area contributed by atoms with Gasteiger partial charge in [-0.25, -0.2) is 9.18 Å². The summed E-state index contributed by atoms with van der Waals surface area (Å²) >= 11 is 5.85. The number of rotatable bonds is 3. The van der Waals surface area contributed by atoms with Crippen molar-refractivity contribution in [2.75, 3.05) is 0 Å². The Hall–Kier alpha value is -1.88. The Labute approximate surface area is 108 Å². The van der Waals surface area contributed by atoms with E-state index in [4.69, 9.17) is 16.7 Å². The van der Waals surface area contributed by atoms with E-state index < -0.39 is 11.8 Å². The van der Waals surface area contributed by atoms with E-state index in [-0.39, 0.29) is 17.7 Å². The predicted molar refractivity (Wildman–Crippen MR) is 64.4 cm³/mol. The quantitative estimate of drug-likeness (QED) is 0.931. The molecule has 0 saturated heterocycles. The fraction of sp³-hybridized carbons (Fsp3) is 0.167. The Morgan fingerprint density at radius 1 is 1.56 bits per heavy atom. The van der Waals surface area contributed by atoms with Crippen LogP contribution in [0, 0.1) is 12.7 Å². The minimum absolute atomic E-state index is 0.0438. The van der Waals surface area contributed by atoms with Crippen molar-refractivity contribution in [2.24, 2.45) is 0 Å². The number of aromatic nitrogens is 2. The summed E-state index contributed by atoms with van der Waals surface area (Å²) in [5.41, 5.74) is 1.01. The molecule has 1 aromatic heterocycles. The van der Waals surface area contributed by atoms with Crippen LogP contribution in [-0.2, 0) is 6.54 Å². The van der Waals surface area contributed by atoms with E-state index in [0.29, 0.717) is 10.7 Å². The molecule has 0 saturated carbocycles. The highest BCUT2D eigenvalue weighted by molar-refractivity contribution is 6.31. The van der Waals surface area contributed by atoms with E-state index >= 15 is 0 Å². The van der Waals surface area contributed by atoms with Crippen LogP contribution in [0.3, 0.4) is 0 Å². The van der Waals surface area contributed by atoms with Crippen LogP contribution < -0.4 is 0 Å². The molecular weight excluding hydrogens is 259 g/mol. The third-order valence-corrected chi connectivity index (χ3v) is 3.03. The molecule has 1 heterocycles. The molecule has 0 aliphatic carbocycles. The van der Waals surface area contributed by atoms with Gasteiger partial charge >= 0.3 is 5.97 Å². The molecule has 6 heteroatoms. The van der Waals surface area contributed by atoms with Crippen LogP contribution in [0.2, 0.25) is 5.02 Å². The maximum Gasteiger partial charge on any atom is 0.335 e. The molecule has 2 aromatic rings. The van der Waals surface area contributed by atoms with E-state index in [9.17, 15) is 9.18 Å². The third kappa shape index (κ3) is 2.36. The van der Waals surface area contributed by atoms with Gasteiger partial charge in [-0.2, -0.15) is 5.10 Å². The van der Waals surface area contributed by atoms with Crippen molar-refractivity contribution >= 4 is 17.6 Å². The number of carboxylic acids is 1. The topological polar surface area (TPSA) is 55.1 Å². The lowest BCUT2D eigenvalue weighted by Gasteiger charge is -2.07. The van der Waals surface area contributed by atoms with E-state index in [2.05, 4.69) is 5.10 Å². The second-order valence-electron chi connectivity index (χ2n) is 3.85. The molecule has 0 aliphatic heterocycles. The number of nitrogens with zero attached hydrogens (tertiary/aromatic N) is 2. The van der Waals surface area contributed by atoms with E-state index in [1.165, 1.54) is 23.0 Å².